The Morgan fingerprint density at radius 2 is 1.83 bits per heavy atom. The molecule has 1 N–H and O–H groups in total. The van der Waals surface area contributed by atoms with Crippen molar-refractivity contribution in [2.45, 2.75) is 58.0 Å². The van der Waals surface area contributed by atoms with E-state index in [1.165, 1.54) is 5.39 Å². The summed E-state index contributed by atoms with van der Waals surface area (Å²) in [5.74, 6) is 1.96. The molecule has 4 aromatic rings. The van der Waals surface area contributed by atoms with Gasteiger partial charge in [-0.1, -0.05) is 55.8 Å². The average Bonchev–Trinajstić information content (AvgIpc) is 3.36. The Kier molecular flexibility index (Phi) is 8.30. The molecule has 0 saturated carbocycles. The highest BCUT2D eigenvalue weighted by atomic mass is 16.5. The van der Waals surface area contributed by atoms with Gasteiger partial charge in [0.05, 0.1) is 11.6 Å². The van der Waals surface area contributed by atoms with Crippen molar-refractivity contribution in [3.63, 3.8) is 0 Å². The van der Waals surface area contributed by atoms with Gasteiger partial charge in [-0.2, -0.15) is 5.26 Å². The first kappa shape index (κ1) is 24.2. The van der Waals surface area contributed by atoms with Crippen LogP contribution in [0.25, 0.3) is 10.8 Å². The summed E-state index contributed by atoms with van der Waals surface area (Å²) < 4.78 is 6.45. The summed E-state index contributed by atoms with van der Waals surface area (Å²) in [6.45, 7) is 1.92. The fraction of sp³-hybridized carbons (Fsp3) is 0.300. The Morgan fingerprint density at radius 1 is 1.03 bits per heavy atom. The summed E-state index contributed by atoms with van der Waals surface area (Å²) >= 11 is 0. The minimum absolute atomic E-state index is 0.201. The van der Waals surface area contributed by atoms with Crippen molar-refractivity contribution in [2.24, 2.45) is 0 Å². The molecule has 0 fully saturated rings. The first-order valence-electron chi connectivity index (χ1n) is 12.3. The molecule has 1 heterocycles. The number of nitriles is 1. The zero-order valence-corrected chi connectivity index (χ0v) is 20.2. The van der Waals surface area contributed by atoms with Crippen LogP contribution in [0.4, 0.5) is 0 Å². The molecule has 5 nitrogen and oxygen atoms in total. The Bertz CT molecular complexity index is 1300. The SMILES string of the molecule is CCC(=O)CCCCCC(Oc1ccc2ccccc2c1)c1ncc(Cc2ccc(C#N)cc2)[nH]1. The number of rotatable bonds is 12. The Hall–Kier alpha value is -3.91. The third-order valence-corrected chi connectivity index (χ3v) is 6.25. The van der Waals surface area contributed by atoms with Gasteiger partial charge in [-0.3, -0.25) is 4.79 Å². The molecule has 1 atom stereocenters. The molecule has 0 spiro atoms. The summed E-state index contributed by atoms with van der Waals surface area (Å²) in [6, 6.07) is 24.2. The molecule has 0 aliphatic carbocycles. The normalized spacial score (nSPS) is 11.8. The maximum Gasteiger partial charge on any atom is 0.156 e. The molecular weight excluding hydrogens is 434 g/mol. The van der Waals surface area contributed by atoms with E-state index in [9.17, 15) is 4.79 Å². The third kappa shape index (κ3) is 6.80. The number of Topliss-reactive ketones (excluding diaryl/α,β-unsaturated/α-hetero) is 1. The number of imidazole rings is 1. The van der Waals surface area contributed by atoms with Crippen LogP contribution in [-0.4, -0.2) is 15.8 Å². The van der Waals surface area contributed by atoms with E-state index in [1.807, 2.05) is 55.6 Å². The van der Waals surface area contributed by atoms with E-state index in [2.05, 4.69) is 40.3 Å². The summed E-state index contributed by atoms with van der Waals surface area (Å²) in [4.78, 5) is 19.7. The molecule has 0 bridgehead atoms. The van der Waals surface area contributed by atoms with Crippen molar-refractivity contribution in [1.29, 1.82) is 5.26 Å². The second-order valence-corrected chi connectivity index (χ2v) is 8.89. The number of aromatic amines is 1. The van der Waals surface area contributed by atoms with Gasteiger partial charge in [-0.25, -0.2) is 4.98 Å². The highest BCUT2D eigenvalue weighted by molar-refractivity contribution is 5.83. The molecule has 3 aromatic carbocycles. The van der Waals surface area contributed by atoms with Crippen LogP contribution in [0, 0.1) is 11.3 Å². The molecule has 4 rings (SSSR count). The van der Waals surface area contributed by atoms with Gasteiger partial charge in [-0.15, -0.1) is 0 Å². The van der Waals surface area contributed by atoms with Crippen LogP contribution in [0.3, 0.4) is 0 Å². The van der Waals surface area contributed by atoms with E-state index in [4.69, 9.17) is 10.00 Å². The van der Waals surface area contributed by atoms with Gasteiger partial charge in [0.25, 0.3) is 0 Å². The number of ketones is 1. The molecule has 1 unspecified atom stereocenters. The van der Waals surface area contributed by atoms with Gasteiger partial charge < -0.3 is 9.72 Å². The number of nitrogens with one attached hydrogen (secondary N) is 1. The van der Waals surface area contributed by atoms with Crippen LogP contribution in [0.2, 0.25) is 0 Å². The summed E-state index contributed by atoms with van der Waals surface area (Å²) in [6.07, 6.45) is 7.32. The Balaban J connectivity index is 1.46. The molecule has 0 aliphatic rings. The van der Waals surface area contributed by atoms with Crippen LogP contribution in [0.5, 0.6) is 5.75 Å². The van der Waals surface area contributed by atoms with Crippen LogP contribution >= 0.6 is 0 Å². The predicted octanol–water partition coefficient (Wildman–Crippen LogP) is 7.08. The van der Waals surface area contributed by atoms with Gasteiger partial charge in [0, 0.05) is 31.2 Å². The molecule has 0 radical (unpaired) electrons. The van der Waals surface area contributed by atoms with Crippen molar-refractivity contribution in [1.82, 2.24) is 9.97 Å². The molecule has 0 amide bonds. The quantitative estimate of drug-likeness (QED) is 0.227. The Morgan fingerprint density at radius 3 is 2.60 bits per heavy atom. The zero-order valence-electron chi connectivity index (χ0n) is 20.2. The number of hydrogen-bond acceptors (Lipinski definition) is 4. The zero-order chi connectivity index (χ0) is 24.5. The van der Waals surface area contributed by atoms with Crippen LogP contribution in [0.15, 0.2) is 72.9 Å². The van der Waals surface area contributed by atoms with E-state index in [0.29, 0.717) is 30.6 Å². The first-order chi connectivity index (χ1) is 17.1. The largest absolute Gasteiger partial charge is 0.483 e. The lowest BCUT2D eigenvalue weighted by Crippen LogP contribution is -2.10. The van der Waals surface area contributed by atoms with Crippen molar-refractivity contribution in [3.05, 3.63) is 95.6 Å². The van der Waals surface area contributed by atoms with Gasteiger partial charge in [0.1, 0.15) is 17.4 Å². The second-order valence-electron chi connectivity index (χ2n) is 8.89. The summed E-state index contributed by atoms with van der Waals surface area (Å²) in [7, 11) is 0. The number of fused-ring (bicyclic) bond motifs is 1. The molecule has 178 valence electrons. The summed E-state index contributed by atoms with van der Waals surface area (Å²) in [5, 5.41) is 11.3. The molecule has 35 heavy (non-hydrogen) atoms. The van der Waals surface area contributed by atoms with E-state index >= 15 is 0 Å². The molecule has 0 saturated heterocycles. The monoisotopic (exact) mass is 465 g/mol. The standard InChI is InChI=1S/C30H31N3O2/c1-2-27(34)10-4-3-5-11-29(35-28-17-16-24-8-6-7-9-25(24)19-28)30-32-21-26(33-30)18-22-12-14-23(20-31)15-13-22/h6-9,12-17,19,21,29H,2-5,10-11,18H2,1H3,(H,32,33). The maximum atomic E-state index is 11.6. The van der Waals surface area contributed by atoms with E-state index < -0.39 is 0 Å². The fourth-order valence-electron chi connectivity index (χ4n) is 4.21. The minimum atomic E-state index is -0.201. The highest BCUT2D eigenvalue weighted by Crippen LogP contribution is 2.28. The van der Waals surface area contributed by atoms with Crippen molar-refractivity contribution >= 4 is 16.6 Å². The molecule has 0 aliphatic heterocycles. The number of carbonyl (C=O) groups is 1. The number of benzene rings is 3. The Labute approximate surface area is 206 Å². The van der Waals surface area contributed by atoms with E-state index in [0.717, 1.165) is 53.9 Å². The van der Waals surface area contributed by atoms with Gasteiger partial charge >= 0.3 is 0 Å². The van der Waals surface area contributed by atoms with Crippen molar-refractivity contribution in [2.75, 3.05) is 0 Å². The number of ether oxygens (including phenoxy) is 1. The number of nitrogens with zero attached hydrogens (tertiary/aromatic N) is 2. The lowest BCUT2D eigenvalue weighted by molar-refractivity contribution is -0.118. The second kappa shape index (κ2) is 12.0. The highest BCUT2D eigenvalue weighted by Gasteiger charge is 2.18. The van der Waals surface area contributed by atoms with Crippen molar-refractivity contribution < 1.29 is 9.53 Å². The number of hydrogen-bond donors (Lipinski definition) is 1. The van der Waals surface area contributed by atoms with E-state index in [1.54, 1.807) is 0 Å². The number of unbranched alkanes of at least 4 members (excludes halogenated alkanes) is 2. The number of carbonyl (C=O) groups excluding carboxylic acids is 1. The number of H-pyrrole nitrogens is 1. The van der Waals surface area contributed by atoms with Crippen LogP contribution in [0.1, 0.15) is 74.2 Å². The lowest BCUT2D eigenvalue weighted by atomic mass is 10.1. The van der Waals surface area contributed by atoms with Gasteiger partial charge in [0.2, 0.25) is 0 Å². The van der Waals surface area contributed by atoms with Crippen molar-refractivity contribution in [3.8, 4) is 11.8 Å². The molecule has 1 aromatic heterocycles. The third-order valence-electron chi connectivity index (χ3n) is 6.25. The first-order valence-corrected chi connectivity index (χ1v) is 12.3. The maximum absolute atomic E-state index is 11.6. The predicted molar refractivity (Wildman–Crippen MR) is 138 cm³/mol. The molecular formula is C30H31N3O2. The number of aromatic nitrogens is 2. The summed E-state index contributed by atoms with van der Waals surface area (Å²) in [5.41, 5.74) is 2.78. The van der Waals surface area contributed by atoms with Crippen LogP contribution < -0.4 is 4.74 Å². The lowest BCUT2D eigenvalue weighted by Gasteiger charge is -2.18. The van der Waals surface area contributed by atoms with Gasteiger partial charge in [0.15, 0.2) is 6.10 Å². The van der Waals surface area contributed by atoms with Crippen LogP contribution in [-0.2, 0) is 11.2 Å². The van der Waals surface area contributed by atoms with Gasteiger partial charge in [-0.05, 0) is 59.9 Å². The average molecular weight is 466 g/mol. The minimum Gasteiger partial charge on any atom is -0.483 e. The fourth-order valence-corrected chi connectivity index (χ4v) is 4.21. The molecule has 5 heteroatoms. The topological polar surface area (TPSA) is 78.8 Å². The van der Waals surface area contributed by atoms with E-state index in [-0.39, 0.29) is 6.10 Å². The smallest absolute Gasteiger partial charge is 0.156 e.